The fraction of sp³-hybridized carbons (Fsp3) is 0.312. The number of aromatic nitrogens is 1. The Morgan fingerprint density at radius 1 is 1.23 bits per heavy atom. The van der Waals surface area contributed by atoms with Gasteiger partial charge < -0.3 is 9.84 Å². The van der Waals surface area contributed by atoms with Crippen LogP contribution in [-0.4, -0.2) is 22.6 Å². The molecular weight excluding hydrogens is 282 g/mol. The molecule has 1 aliphatic heterocycles. The zero-order valence-corrected chi connectivity index (χ0v) is 12.7. The highest BCUT2D eigenvalue weighted by atomic mass is 16.5. The number of urea groups is 1. The largest absolute Gasteiger partial charge is 0.359 e. The van der Waals surface area contributed by atoms with Gasteiger partial charge in [0.25, 0.3) is 5.91 Å². The van der Waals surface area contributed by atoms with Crippen LogP contribution in [0, 0.1) is 13.8 Å². The molecule has 1 aromatic heterocycles. The molecule has 1 saturated heterocycles. The molecule has 0 saturated carbocycles. The lowest BCUT2D eigenvalue weighted by Gasteiger charge is -2.21. The van der Waals surface area contributed by atoms with E-state index < -0.39 is 11.6 Å². The third-order valence-electron chi connectivity index (χ3n) is 3.88. The topological polar surface area (TPSA) is 75.4 Å². The van der Waals surface area contributed by atoms with Crippen molar-refractivity contribution >= 4 is 17.6 Å². The highest BCUT2D eigenvalue weighted by Gasteiger charge is 2.49. The van der Waals surface area contributed by atoms with Gasteiger partial charge in [-0.25, -0.2) is 9.69 Å². The highest BCUT2D eigenvalue weighted by molar-refractivity contribution is 6.23. The lowest BCUT2D eigenvalue weighted by Crippen LogP contribution is -2.46. The first-order chi connectivity index (χ1) is 10.4. The van der Waals surface area contributed by atoms with E-state index in [-0.39, 0.29) is 5.91 Å². The van der Waals surface area contributed by atoms with E-state index in [1.54, 1.807) is 20.8 Å². The van der Waals surface area contributed by atoms with Crippen molar-refractivity contribution in [1.82, 2.24) is 10.5 Å². The molecule has 2 heterocycles. The minimum atomic E-state index is -0.978. The smallest absolute Gasteiger partial charge is 0.329 e. The monoisotopic (exact) mass is 299 g/mol. The van der Waals surface area contributed by atoms with E-state index >= 15 is 0 Å². The minimum absolute atomic E-state index is 0.296. The number of benzene rings is 1. The molecule has 1 aromatic carbocycles. The fourth-order valence-electron chi connectivity index (χ4n) is 2.81. The van der Waals surface area contributed by atoms with Gasteiger partial charge in [0, 0.05) is 6.42 Å². The molecule has 1 aliphatic rings. The quantitative estimate of drug-likeness (QED) is 0.883. The molecule has 3 rings (SSSR count). The van der Waals surface area contributed by atoms with Crippen LogP contribution in [0.2, 0.25) is 0 Å². The van der Waals surface area contributed by atoms with Crippen molar-refractivity contribution in [3.8, 4) is 0 Å². The van der Waals surface area contributed by atoms with Crippen LogP contribution in [0.4, 0.5) is 10.5 Å². The van der Waals surface area contributed by atoms with E-state index in [4.69, 9.17) is 4.52 Å². The number of imide groups is 1. The first-order valence-electron chi connectivity index (χ1n) is 7.06. The number of hydrogen-bond donors (Lipinski definition) is 1. The maximum Gasteiger partial charge on any atom is 0.329 e. The van der Waals surface area contributed by atoms with Gasteiger partial charge >= 0.3 is 6.03 Å². The molecule has 3 amide bonds. The van der Waals surface area contributed by atoms with Crippen molar-refractivity contribution in [2.24, 2.45) is 0 Å². The molecule has 1 N–H and O–H groups in total. The summed E-state index contributed by atoms with van der Waals surface area (Å²) in [4.78, 5) is 26.3. The summed E-state index contributed by atoms with van der Waals surface area (Å²) in [5, 5.41) is 6.60. The molecule has 114 valence electrons. The van der Waals surface area contributed by atoms with Crippen molar-refractivity contribution in [1.29, 1.82) is 0 Å². The van der Waals surface area contributed by atoms with E-state index in [0.29, 0.717) is 23.6 Å². The van der Waals surface area contributed by atoms with Crippen molar-refractivity contribution < 1.29 is 14.1 Å². The molecule has 0 bridgehead atoms. The van der Waals surface area contributed by atoms with E-state index in [0.717, 1.165) is 10.5 Å². The second-order valence-corrected chi connectivity index (χ2v) is 5.74. The molecule has 1 fully saturated rings. The Hall–Kier alpha value is -2.63. The van der Waals surface area contributed by atoms with Crippen LogP contribution in [0.25, 0.3) is 0 Å². The molecular formula is C16H17N3O3. The second-order valence-electron chi connectivity index (χ2n) is 5.74. The molecule has 0 spiro atoms. The van der Waals surface area contributed by atoms with Crippen LogP contribution in [0.1, 0.15) is 23.9 Å². The fourth-order valence-corrected chi connectivity index (χ4v) is 2.81. The Kier molecular flexibility index (Phi) is 3.24. The molecule has 6 nitrogen and oxygen atoms in total. The zero-order chi connectivity index (χ0) is 15.9. The summed E-state index contributed by atoms with van der Waals surface area (Å²) >= 11 is 0. The van der Waals surface area contributed by atoms with Crippen LogP contribution < -0.4 is 10.2 Å². The molecule has 1 atom stereocenters. The Bertz CT molecular complexity index is 719. The summed E-state index contributed by atoms with van der Waals surface area (Å²) in [7, 11) is 0. The molecule has 1 unspecified atom stereocenters. The van der Waals surface area contributed by atoms with Gasteiger partial charge in [-0.1, -0.05) is 35.5 Å². The number of anilines is 1. The van der Waals surface area contributed by atoms with Crippen LogP contribution in [0.15, 0.2) is 34.9 Å². The predicted octanol–water partition coefficient (Wildman–Crippen LogP) is 2.35. The normalized spacial score (nSPS) is 21.3. The third kappa shape index (κ3) is 2.16. The lowest BCUT2D eigenvalue weighted by atomic mass is 9.93. The Labute approximate surface area is 128 Å². The number of hydrogen-bond acceptors (Lipinski definition) is 4. The zero-order valence-electron chi connectivity index (χ0n) is 12.7. The van der Waals surface area contributed by atoms with Crippen LogP contribution in [0.3, 0.4) is 0 Å². The van der Waals surface area contributed by atoms with Crippen LogP contribution in [0.5, 0.6) is 0 Å². The number of nitrogens with one attached hydrogen (secondary N) is 1. The van der Waals surface area contributed by atoms with Crippen LogP contribution >= 0.6 is 0 Å². The predicted molar refractivity (Wildman–Crippen MR) is 80.5 cm³/mol. The third-order valence-corrected chi connectivity index (χ3v) is 3.88. The Balaban J connectivity index is 1.94. The summed E-state index contributed by atoms with van der Waals surface area (Å²) in [6.45, 7) is 5.13. The average molecular weight is 299 g/mol. The van der Waals surface area contributed by atoms with E-state index in [1.165, 1.54) is 0 Å². The van der Waals surface area contributed by atoms with Gasteiger partial charge in [-0.3, -0.25) is 4.79 Å². The maximum absolute atomic E-state index is 12.8. The summed E-state index contributed by atoms with van der Waals surface area (Å²) in [6, 6.07) is 9.15. The SMILES string of the molecule is Cc1noc(C)c1N1C(=O)NC(C)(Cc2ccccc2)C1=O. The summed E-state index contributed by atoms with van der Waals surface area (Å²) in [6.07, 6.45) is 0.429. The van der Waals surface area contributed by atoms with Gasteiger partial charge in [0.05, 0.1) is 0 Å². The van der Waals surface area contributed by atoms with Gasteiger partial charge in [0.1, 0.15) is 16.9 Å². The van der Waals surface area contributed by atoms with Gasteiger partial charge in [0.2, 0.25) is 0 Å². The summed E-state index contributed by atoms with van der Waals surface area (Å²) in [5.74, 6) is 0.153. The van der Waals surface area contributed by atoms with E-state index in [2.05, 4.69) is 10.5 Å². The number of nitrogens with zero attached hydrogens (tertiary/aromatic N) is 2. The van der Waals surface area contributed by atoms with Gasteiger partial charge in [-0.15, -0.1) is 0 Å². The van der Waals surface area contributed by atoms with Gasteiger partial charge in [0.15, 0.2) is 5.76 Å². The van der Waals surface area contributed by atoms with Gasteiger partial charge in [-0.2, -0.15) is 0 Å². The number of carbonyl (C=O) groups excluding carboxylic acids is 2. The van der Waals surface area contributed by atoms with E-state index in [1.807, 2.05) is 30.3 Å². The summed E-state index contributed by atoms with van der Waals surface area (Å²) in [5.41, 5.74) is 0.956. The molecule has 2 aromatic rings. The lowest BCUT2D eigenvalue weighted by molar-refractivity contribution is -0.121. The number of carbonyl (C=O) groups is 2. The number of amides is 3. The van der Waals surface area contributed by atoms with Crippen molar-refractivity contribution in [2.75, 3.05) is 4.90 Å². The van der Waals surface area contributed by atoms with Gasteiger partial charge in [-0.05, 0) is 26.3 Å². The Morgan fingerprint density at radius 3 is 2.50 bits per heavy atom. The minimum Gasteiger partial charge on any atom is -0.359 e. The second kappa shape index (κ2) is 4.98. The molecule has 22 heavy (non-hydrogen) atoms. The van der Waals surface area contributed by atoms with E-state index in [9.17, 15) is 9.59 Å². The maximum atomic E-state index is 12.8. The average Bonchev–Trinajstić information content (AvgIpc) is 2.90. The standard InChI is InChI=1S/C16H17N3O3/c1-10-13(11(2)22-18-10)19-14(20)16(3,17-15(19)21)9-12-7-5-4-6-8-12/h4-8H,9H2,1-3H3,(H,17,21). The summed E-state index contributed by atoms with van der Waals surface area (Å²) < 4.78 is 5.07. The Morgan fingerprint density at radius 2 is 1.91 bits per heavy atom. The van der Waals surface area contributed by atoms with Crippen molar-refractivity contribution in [3.63, 3.8) is 0 Å². The molecule has 6 heteroatoms. The first-order valence-corrected chi connectivity index (χ1v) is 7.06. The molecule has 0 radical (unpaired) electrons. The van der Waals surface area contributed by atoms with Crippen molar-refractivity contribution in [3.05, 3.63) is 47.3 Å². The number of aryl methyl sites for hydroxylation is 2. The van der Waals surface area contributed by atoms with Crippen LogP contribution in [-0.2, 0) is 11.2 Å². The first kappa shape index (κ1) is 14.3. The highest BCUT2D eigenvalue weighted by Crippen LogP contribution is 2.31. The molecule has 0 aliphatic carbocycles. The van der Waals surface area contributed by atoms with Crippen molar-refractivity contribution in [2.45, 2.75) is 32.7 Å². The number of rotatable bonds is 3.